The first kappa shape index (κ1) is 17.6. The van der Waals surface area contributed by atoms with Gasteiger partial charge in [-0.15, -0.1) is 0 Å². The van der Waals surface area contributed by atoms with Gasteiger partial charge in [0.1, 0.15) is 4.90 Å². The van der Waals surface area contributed by atoms with E-state index in [-0.39, 0.29) is 16.7 Å². The standard InChI is InChI=1S/C18H21N3O3S/c22-18(20-12-15-5-2-1-3-6-15)11-16-8-10-21(14-16)25(23,24)17-7-4-9-19-13-17/h1-7,9,13,16H,8,10-12,14H2,(H,20,22). The Morgan fingerprint density at radius 2 is 2.00 bits per heavy atom. The van der Waals surface area contributed by atoms with Gasteiger partial charge in [0.2, 0.25) is 15.9 Å². The summed E-state index contributed by atoms with van der Waals surface area (Å²) in [6, 6.07) is 12.9. The van der Waals surface area contributed by atoms with Crippen LogP contribution >= 0.6 is 0 Å². The van der Waals surface area contributed by atoms with Gasteiger partial charge in [0.15, 0.2) is 0 Å². The van der Waals surface area contributed by atoms with Crippen LogP contribution in [0.3, 0.4) is 0 Å². The SMILES string of the molecule is O=C(CC1CCN(S(=O)(=O)c2cccnc2)C1)NCc1ccccc1. The number of carbonyl (C=O) groups excluding carboxylic acids is 1. The highest BCUT2D eigenvalue weighted by Crippen LogP contribution is 2.25. The Labute approximate surface area is 147 Å². The Bertz CT molecular complexity index is 810. The Kier molecular flexibility index (Phi) is 5.45. The molecule has 1 saturated heterocycles. The highest BCUT2D eigenvalue weighted by atomic mass is 32.2. The molecule has 1 N–H and O–H groups in total. The summed E-state index contributed by atoms with van der Waals surface area (Å²) in [5.74, 6) is -0.00306. The van der Waals surface area contributed by atoms with Crippen LogP contribution in [0.5, 0.6) is 0 Å². The number of amides is 1. The number of hydrogen-bond donors (Lipinski definition) is 1. The Hall–Kier alpha value is -2.25. The molecule has 0 radical (unpaired) electrons. The van der Waals surface area contributed by atoms with Gasteiger partial charge in [-0.05, 0) is 30.0 Å². The second kappa shape index (κ2) is 7.76. The molecule has 2 aromatic rings. The molecular weight excluding hydrogens is 338 g/mol. The first-order chi connectivity index (χ1) is 12.1. The summed E-state index contributed by atoms with van der Waals surface area (Å²) in [7, 11) is -3.52. The predicted octanol–water partition coefficient (Wildman–Crippen LogP) is 1.80. The molecule has 1 atom stereocenters. The minimum Gasteiger partial charge on any atom is -0.352 e. The second-order valence-corrected chi connectivity index (χ2v) is 8.11. The minimum absolute atomic E-state index is 0.0437. The van der Waals surface area contributed by atoms with Gasteiger partial charge < -0.3 is 5.32 Å². The number of sulfonamides is 1. The highest BCUT2D eigenvalue weighted by Gasteiger charge is 2.33. The van der Waals surface area contributed by atoms with Crippen LogP contribution in [-0.2, 0) is 21.4 Å². The van der Waals surface area contributed by atoms with Crippen LogP contribution in [0.25, 0.3) is 0 Å². The fraction of sp³-hybridized carbons (Fsp3) is 0.333. The van der Waals surface area contributed by atoms with Crippen molar-refractivity contribution in [3.05, 3.63) is 60.4 Å². The molecule has 1 amide bonds. The largest absolute Gasteiger partial charge is 0.352 e. The molecule has 2 heterocycles. The van der Waals surface area contributed by atoms with E-state index in [2.05, 4.69) is 10.3 Å². The van der Waals surface area contributed by atoms with Crippen LogP contribution < -0.4 is 5.32 Å². The van der Waals surface area contributed by atoms with Crippen LogP contribution in [0, 0.1) is 5.92 Å². The summed E-state index contributed by atoms with van der Waals surface area (Å²) in [4.78, 5) is 16.2. The summed E-state index contributed by atoms with van der Waals surface area (Å²) in [5, 5.41) is 2.89. The second-order valence-electron chi connectivity index (χ2n) is 6.17. The van der Waals surface area contributed by atoms with E-state index >= 15 is 0 Å². The third kappa shape index (κ3) is 4.43. The summed E-state index contributed by atoms with van der Waals surface area (Å²) in [6.45, 7) is 1.30. The van der Waals surface area contributed by atoms with Gasteiger partial charge in [-0.25, -0.2) is 8.42 Å². The molecule has 1 aromatic heterocycles. The van der Waals surface area contributed by atoms with Crippen molar-refractivity contribution in [2.75, 3.05) is 13.1 Å². The molecule has 3 rings (SSSR count). The molecule has 1 unspecified atom stereocenters. The summed E-state index contributed by atoms with van der Waals surface area (Å²) >= 11 is 0. The van der Waals surface area contributed by atoms with E-state index in [1.165, 1.54) is 10.5 Å². The van der Waals surface area contributed by atoms with Crippen molar-refractivity contribution in [2.45, 2.75) is 24.3 Å². The van der Waals surface area contributed by atoms with E-state index in [9.17, 15) is 13.2 Å². The number of benzene rings is 1. The van der Waals surface area contributed by atoms with Gasteiger partial charge in [-0.2, -0.15) is 4.31 Å². The zero-order chi connectivity index (χ0) is 17.7. The summed E-state index contributed by atoms with van der Waals surface area (Å²) < 4.78 is 26.6. The third-order valence-corrected chi connectivity index (χ3v) is 6.18. The van der Waals surface area contributed by atoms with Crippen LogP contribution in [0.15, 0.2) is 59.8 Å². The monoisotopic (exact) mass is 359 g/mol. The minimum atomic E-state index is -3.52. The van der Waals surface area contributed by atoms with Gasteiger partial charge in [-0.1, -0.05) is 30.3 Å². The zero-order valence-corrected chi connectivity index (χ0v) is 14.7. The molecule has 1 aliphatic rings. The van der Waals surface area contributed by atoms with Crippen LogP contribution in [0.4, 0.5) is 0 Å². The average Bonchev–Trinajstić information content (AvgIpc) is 3.11. The fourth-order valence-electron chi connectivity index (χ4n) is 2.96. The van der Waals surface area contributed by atoms with E-state index in [1.54, 1.807) is 18.3 Å². The average molecular weight is 359 g/mol. The number of nitrogens with zero attached hydrogens (tertiary/aromatic N) is 2. The molecular formula is C18H21N3O3S. The molecule has 1 aromatic carbocycles. The van der Waals surface area contributed by atoms with Crippen LogP contribution in [0.1, 0.15) is 18.4 Å². The van der Waals surface area contributed by atoms with Gasteiger partial charge in [0.05, 0.1) is 0 Å². The normalized spacial score (nSPS) is 18.2. The molecule has 0 spiro atoms. The smallest absolute Gasteiger partial charge is 0.244 e. The van der Waals surface area contributed by atoms with Gasteiger partial charge >= 0.3 is 0 Å². The lowest BCUT2D eigenvalue weighted by Crippen LogP contribution is -2.30. The number of nitrogens with one attached hydrogen (secondary N) is 1. The summed E-state index contributed by atoms with van der Waals surface area (Å²) in [5.41, 5.74) is 1.04. The fourth-order valence-corrected chi connectivity index (χ4v) is 4.46. The molecule has 6 nitrogen and oxygen atoms in total. The molecule has 0 aliphatic carbocycles. The van der Waals surface area contributed by atoms with E-state index in [1.807, 2.05) is 30.3 Å². The molecule has 1 aliphatic heterocycles. The van der Waals surface area contributed by atoms with E-state index in [4.69, 9.17) is 0 Å². The zero-order valence-electron chi connectivity index (χ0n) is 13.8. The van der Waals surface area contributed by atoms with Crippen molar-refractivity contribution in [3.63, 3.8) is 0 Å². The lowest BCUT2D eigenvalue weighted by molar-refractivity contribution is -0.122. The maximum atomic E-state index is 12.6. The number of aromatic nitrogens is 1. The van der Waals surface area contributed by atoms with Crippen LogP contribution in [0.2, 0.25) is 0 Å². The lowest BCUT2D eigenvalue weighted by Gasteiger charge is -2.16. The first-order valence-electron chi connectivity index (χ1n) is 8.26. The van der Waals surface area contributed by atoms with Crippen molar-refractivity contribution >= 4 is 15.9 Å². The Balaban J connectivity index is 1.52. The number of pyridine rings is 1. The van der Waals surface area contributed by atoms with Crippen molar-refractivity contribution in [3.8, 4) is 0 Å². The van der Waals surface area contributed by atoms with E-state index in [0.717, 1.165) is 5.56 Å². The van der Waals surface area contributed by atoms with Crippen molar-refractivity contribution in [1.82, 2.24) is 14.6 Å². The maximum Gasteiger partial charge on any atom is 0.244 e. The first-order valence-corrected chi connectivity index (χ1v) is 9.70. The van der Waals surface area contributed by atoms with Crippen molar-refractivity contribution in [1.29, 1.82) is 0 Å². The molecule has 25 heavy (non-hydrogen) atoms. The van der Waals surface area contributed by atoms with Crippen molar-refractivity contribution in [2.24, 2.45) is 5.92 Å². The number of carbonyl (C=O) groups is 1. The quantitative estimate of drug-likeness (QED) is 0.853. The maximum absolute atomic E-state index is 12.6. The molecule has 132 valence electrons. The van der Waals surface area contributed by atoms with Gasteiger partial charge in [0, 0.05) is 38.4 Å². The summed E-state index contributed by atoms with van der Waals surface area (Å²) in [6.07, 6.45) is 3.93. The molecule has 0 bridgehead atoms. The van der Waals surface area contributed by atoms with Crippen molar-refractivity contribution < 1.29 is 13.2 Å². The van der Waals surface area contributed by atoms with Crippen LogP contribution in [-0.4, -0.2) is 36.7 Å². The van der Waals surface area contributed by atoms with E-state index < -0.39 is 10.0 Å². The van der Waals surface area contributed by atoms with E-state index in [0.29, 0.717) is 32.5 Å². The molecule has 1 fully saturated rings. The topological polar surface area (TPSA) is 79.4 Å². The Morgan fingerprint density at radius 3 is 2.72 bits per heavy atom. The molecule has 0 saturated carbocycles. The van der Waals surface area contributed by atoms with Gasteiger partial charge in [-0.3, -0.25) is 9.78 Å². The third-order valence-electron chi connectivity index (χ3n) is 4.33. The number of rotatable bonds is 6. The highest BCUT2D eigenvalue weighted by molar-refractivity contribution is 7.89. The van der Waals surface area contributed by atoms with Gasteiger partial charge in [0.25, 0.3) is 0 Å². The predicted molar refractivity (Wildman–Crippen MR) is 94.0 cm³/mol. The Morgan fingerprint density at radius 1 is 1.20 bits per heavy atom. The number of hydrogen-bond acceptors (Lipinski definition) is 4. The lowest BCUT2D eigenvalue weighted by atomic mass is 10.0. The molecule has 7 heteroatoms.